The topological polar surface area (TPSA) is 9.23 Å². The van der Waals surface area contributed by atoms with Gasteiger partial charge in [0.2, 0.25) is 0 Å². The van der Waals surface area contributed by atoms with Crippen LogP contribution in [0.25, 0.3) is 0 Å². The molecule has 0 aliphatic rings. The van der Waals surface area contributed by atoms with Crippen LogP contribution in [0, 0.1) is 10.8 Å². The predicted molar refractivity (Wildman–Crippen MR) is 100 cm³/mol. The highest BCUT2D eigenvalue weighted by atomic mass is 32.4. The minimum absolute atomic E-state index is 0.0716. The van der Waals surface area contributed by atoms with E-state index in [0.29, 0.717) is 5.41 Å². The van der Waals surface area contributed by atoms with E-state index in [1.54, 1.807) is 0 Å². The summed E-state index contributed by atoms with van der Waals surface area (Å²) in [5.41, 5.74) is 0.461. The summed E-state index contributed by atoms with van der Waals surface area (Å²) < 4.78 is 7.01. The molecule has 0 saturated heterocycles. The molecule has 1 atom stereocenters. The predicted octanol–water partition coefficient (Wildman–Crippen LogP) is 5.55. The van der Waals surface area contributed by atoms with Crippen molar-refractivity contribution in [3.8, 4) is 0 Å². The molecule has 0 aromatic heterocycles. The van der Waals surface area contributed by atoms with Crippen LogP contribution in [0.1, 0.15) is 54.9 Å². The third kappa shape index (κ3) is 5.18. The van der Waals surface area contributed by atoms with Crippen LogP contribution < -0.4 is 0 Å². The molecule has 0 aromatic rings. The summed E-state index contributed by atoms with van der Waals surface area (Å²) in [5.74, 6) is 0. The molecule has 0 rings (SSSR count). The first-order valence-corrected chi connectivity index (χ1v) is 14.4. The fourth-order valence-electron chi connectivity index (χ4n) is 3.75. The molecule has 3 radical (unpaired) electrons. The summed E-state index contributed by atoms with van der Waals surface area (Å²) in [6.45, 7) is 21.0. The molecule has 0 heterocycles. The maximum Gasteiger partial charge on any atom is 0.189 e. The molecule has 121 valence electrons. The number of hydrogen-bond donors (Lipinski definition) is 0. The highest BCUT2D eigenvalue weighted by Gasteiger charge is 2.51. The molecule has 0 N–H and O–H groups in total. The van der Waals surface area contributed by atoms with Crippen LogP contribution in [0.5, 0.6) is 0 Å². The van der Waals surface area contributed by atoms with Crippen LogP contribution in [-0.4, -0.2) is 35.2 Å². The van der Waals surface area contributed by atoms with Crippen molar-refractivity contribution < 1.29 is 4.43 Å². The average Bonchev–Trinajstić information content (AvgIpc) is 2.05. The third-order valence-corrected chi connectivity index (χ3v) is 10.4. The van der Waals surface area contributed by atoms with E-state index in [-0.39, 0.29) is 10.3 Å². The molecule has 0 spiro atoms. The quantitative estimate of drug-likeness (QED) is 0.599. The first kappa shape index (κ1) is 20.7. The smallest absolute Gasteiger partial charge is 0.189 e. The highest BCUT2D eigenvalue weighted by molar-refractivity contribution is 8.50. The third-order valence-electron chi connectivity index (χ3n) is 3.83. The molecule has 0 aliphatic heterocycles. The Balaban J connectivity index is 5.61. The van der Waals surface area contributed by atoms with Crippen molar-refractivity contribution >= 4 is 27.2 Å². The van der Waals surface area contributed by atoms with E-state index in [1.165, 1.54) is 6.04 Å². The second-order valence-electron chi connectivity index (χ2n) is 9.28. The van der Waals surface area contributed by atoms with Crippen molar-refractivity contribution in [3.63, 3.8) is 0 Å². The van der Waals surface area contributed by atoms with Crippen molar-refractivity contribution in [2.75, 3.05) is 12.5 Å². The molecular weight excluding hydrogens is 296 g/mol. The summed E-state index contributed by atoms with van der Waals surface area (Å²) in [4.78, 5) is -0.0716. The van der Waals surface area contributed by atoms with E-state index in [2.05, 4.69) is 83.5 Å². The largest absolute Gasteiger partial charge is 0.404 e. The van der Waals surface area contributed by atoms with Gasteiger partial charge in [-0.25, -0.2) is 9.48 Å². The van der Waals surface area contributed by atoms with Crippen molar-refractivity contribution in [2.45, 2.75) is 79.0 Å². The first-order chi connectivity index (χ1) is 8.47. The van der Waals surface area contributed by atoms with Crippen LogP contribution in [0.2, 0.25) is 19.1 Å². The number of rotatable bonds is 5. The van der Waals surface area contributed by atoms with Gasteiger partial charge in [0.25, 0.3) is 0 Å². The second kappa shape index (κ2) is 6.09. The van der Waals surface area contributed by atoms with Gasteiger partial charge in [-0.1, -0.05) is 48.5 Å². The molecule has 0 saturated carbocycles. The molecule has 0 amide bonds. The molecule has 20 heavy (non-hydrogen) atoms. The molecule has 4 heteroatoms. The van der Waals surface area contributed by atoms with Gasteiger partial charge >= 0.3 is 0 Å². The molecule has 1 nitrogen and oxygen atoms in total. The Morgan fingerprint density at radius 1 is 1.00 bits per heavy atom. The Morgan fingerprint density at radius 3 is 1.60 bits per heavy atom. The van der Waals surface area contributed by atoms with Crippen LogP contribution in [0.15, 0.2) is 0 Å². The van der Waals surface area contributed by atoms with Crippen molar-refractivity contribution in [3.05, 3.63) is 0 Å². The van der Waals surface area contributed by atoms with Gasteiger partial charge in [0.1, 0.15) is 0 Å². The van der Waals surface area contributed by atoms with Gasteiger partial charge in [0.15, 0.2) is 8.32 Å². The lowest BCUT2D eigenvalue weighted by molar-refractivity contribution is 0.0363. The summed E-state index contributed by atoms with van der Waals surface area (Å²) in [7, 11) is 1.34. The Hall–Kier alpha value is 0.744. The summed E-state index contributed by atoms with van der Waals surface area (Å²) in [6, 6.07) is 1.19. The molecule has 0 aliphatic carbocycles. The van der Waals surface area contributed by atoms with E-state index in [9.17, 15) is 0 Å². The fourth-order valence-corrected chi connectivity index (χ4v) is 13.2. The van der Waals surface area contributed by atoms with Gasteiger partial charge in [0.05, 0.1) is 14.3 Å². The fraction of sp³-hybridized carbons (Fsp3) is 1.00. The van der Waals surface area contributed by atoms with Crippen LogP contribution >= 0.6 is 9.48 Å². The standard InChI is InChI=1S/C16H37OSSi2/c1-12-16(15(5,6)7,18(8,9)19)17-20(10,11)13-14(2,3)4/h12-13H2,1-11H3. The van der Waals surface area contributed by atoms with E-state index >= 15 is 0 Å². The summed E-state index contributed by atoms with van der Waals surface area (Å²) in [5, 5.41) is 0. The Bertz CT molecular complexity index is 305. The Morgan fingerprint density at radius 2 is 1.40 bits per heavy atom. The lowest BCUT2D eigenvalue weighted by Crippen LogP contribution is -2.55. The molecule has 0 fully saturated rings. The van der Waals surface area contributed by atoms with E-state index in [4.69, 9.17) is 4.43 Å². The van der Waals surface area contributed by atoms with Crippen LogP contribution in [-0.2, 0) is 4.43 Å². The van der Waals surface area contributed by atoms with Gasteiger partial charge in [-0.2, -0.15) is 0 Å². The van der Waals surface area contributed by atoms with E-state index < -0.39 is 17.8 Å². The normalized spacial score (nSPS) is 18.8. The van der Waals surface area contributed by atoms with Crippen molar-refractivity contribution in [1.82, 2.24) is 0 Å². The first-order valence-electron chi connectivity index (χ1n) is 7.65. The van der Waals surface area contributed by atoms with Gasteiger partial charge in [-0.3, -0.25) is 0 Å². The minimum atomic E-state index is -1.72. The van der Waals surface area contributed by atoms with Crippen LogP contribution in [0.3, 0.4) is 0 Å². The van der Waals surface area contributed by atoms with Crippen LogP contribution in [0.4, 0.5) is 0 Å². The summed E-state index contributed by atoms with van der Waals surface area (Å²) in [6.07, 6.45) is 5.73. The second-order valence-corrected chi connectivity index (χ2v) is 19.7. The lowest BCUT2D eigenvalue weighted by atomic mass is 9.87. The molecule has 1 unspecified atom stereocenters. The van der Waals surface area contributed by atoms with Gasteiger partial charge in [-0.05, 0) is 48.9 Å². The maximum absolute atomic E-state index is 7.01. The lowest BCUT2D eigenvalue weighted by Gasteiger charge is -2.59. The minimum Gasteiger partial charge on any atom is -0.404 e. The molecular formula is C16H37OSSi2. The zero-order valence-electron chi connectivity index (χ0n) is 15.7. The highest BCUT2D eigenvalue weighted by Crippen LogP contribution is 2.61. The van der Waals surface area contributed by atoms with Crippen molar-refractivity contribution in [2.24, 2.45) is 10.8 Å². The Kier molecular flexibility index (Phi) is 6.32. The average molecular weight is 334 g/mol. The number of hydrogen-bond acceptors (Lipinski definition) is 1. The SMILES string of the molecule is CCC(O[Si](C)(C)CC(C)(C)C)(C(C)(C)C)S(C)(C)[Si]. The Labute approximate surface area is 134 Å². The molecule has 0 aromatic carbocycles. The monoisotopic (exact) mass is 333 g/mol. The summed E-state index contributed by atoms with van der Waals surface area (Å²) >= 11 is 0. The zero-order valence-corrected chi connectivity index (χ0v) is 18.5. The van der Waals surface area contributed by atoms with Crippen molar-refractivity contribution in [1.29, 1.82) is 0 Å². The van der Waals surface area contributed by atoms with Gasteiger partial charge < -0.3 is 4.43 Å². The zero-order chi connectivity index (χ0) is 16.6. The molecule has 0 bridgehead atoms. The van der Waals surface area contributed by atoms with Gasteiger partial charge in [0, 0.05) is 0 Å². The van der Waals surface area contributed by atoms with E-state index in [0.717, 1.165) is 6.42 Å². The van der Waals surface area contributed by atoms with Gasteiger partial charge in [-0.15, -0.1) is 0 Å². The van der Waals surface area contributed by atoms with E-state index in [1.807, 2.05) is 0 Å². The maximum atomic E-state index is 7.01.